The van der Waals surface area contributed by atoms with Crippen LogP contribution >= 0.6 is 11.6 Å². The SMILES string of the molecule is COc1cc(C)c(Cl)cc1CC(=O)Nc1cccc(NC(C)=O)c1. The Morgan fingerprint density at radius 1 is 1.12 bits per heavy atom. The fraction of sp³-hybridized carbons (Fsp3) is 0.222. The van der Waals surface area contributed by atoms with Crippen LogP contribution in [0.25, 0.3) is 0 Å². The molecule has 0 aliphatic rings. The van der Waals surface area contributed by atoms with E-state index in [1.807, 2.05) is 13.0 Å². The molecule has 0 aliphatic carbocycles. The number of amides is 2. The summed E-state index contributed by atoms with van der Waals surface area (Å²) in [6.07, 6.45) is 0.132. The third-order valence-corrected chi connectivity index (χ3v) is 3.79. The summed E-state index contributed by atoms with van der Waals surface area (Å²) in [5.41, 5.74) is 2.82. The largest absolute Gasteiger partial charge is 0.496 e. The maximum atomic E-state index is 12.3. The first-order valence-electron chi connectivity index (χ1n) is 7.39. The van der Waals surface area contributed by atoms with E-state index < -0.39 is 0 Å². The Kier molecular flexibility index (Phi) is 5.82. The van der Waals surface area contributed by atoms with Crippen molar-refractivity contribution in [2.45, 2.75) is 20.3 Å². The Morgan fingerprint density at radius 2 is 1.79 bits per heavy atom. The lowest BCUT2D eigenvalue weighted by Crippen LogP contribution is -2.15. The van der Waals surface area contributed by atoms with E-state index in [1.54, 1.807) is 37.4 Å². The van der Waals surface area contributed by atoms with Gasteiger partial charge in [0.25, 0.3) is 0 Å². The van der Waals surface area contributed by atoms with Crippen molar-refractivity contribution in [3.05, 3.63) is 52.5 Å². The highest BCUT2D eigenvalue weighted by atomic mass is 35.5. The molecule has 0 saturated carbocycles. The number of hydrogen-bond acceptors (Lipinski definition) is 3. The summed E-state index contributed by atoms with van der Waals surface area (Å²) in [7, 11) is 1.56. The molecule has 2 N–H and O–H groups in total. The number of carbonyl (C=O) groups excluding carboxylic acids is 2. The topological polar surface area (TPSA) is 67.4 Å². The van der Waals surface area contributed by atoms with E-state index in [1.165, 1.54) is 6.92 Å². The van der Waals surface area contributed by atoms with Crippen LogP contribution in [0.3, 0.4) is 0 Å². The lowest BCUT2D eigenvalue weighted by molar-refractivity contribution is -0.116. The Morgan fingerprint density at radius 3 is 2.42 bits per heavy atom. The smallest absolute Gasteiger partial charge is 0.228 e. The van der Waals surface area contributed by atoms with E-state index in [-0.39, 0.29) is 18.2 Å². The zero-order chi connectivity index (χ0) is 17.7. The molecule has 5 nitrogen and oxygen atoms in total. The van der Waals surface area contributed by atoms with E-state index in [0.29, 0.717) is 27.7 Å². The number of benzene rings is 2. The van der Waals surface area contributed by atoms with Gasteiger partial charge in [0.05, 0.1) is 13.5 Å². The molecule has 6 heteroatoms. The maximum Gasteiger partial charge on any atom is 0.228 e. The minimum Gasteiger partial charge on any atom is -0.496 e. The minimum absolute atomic E-state index is 0.132. The summed E-state index contributed by atoms with van der Waals surface area (Å²) in [5.74, 6) is 0.254. The van der Waals surface area contributed by atoms with E-state index in [4.69, 9.17) is 16.3 Å². The first-order valence-corrected chi connectivity index (χ1v) is 7.77. The molecule has 2 rings (SSSR count). The van der Waals surface area contributed by atoms with Gasteiger partial charge in [-0.3, -0.25) is 9.59 Å². The Labute approximate surface area is 146 Å². The molecule has 0 spiro atoms. The number of hydrogen-bond donors (Lipinski definition) is 2. The number of methoxy groups -OCH3 is 1. The quantitative estimate of drug-likeness (QED) is 0.865. The standard InChI is InChI=1S/C18H19ClN2O3/c1-11-7-17(24-3)13(8-16(11)19)9-18(23)21-15-6-4-5-14(10-15)20-12(2)22/h4-8,10H,9H2,1-3H3,(H,20,22)(H,21,23). The van der Waals surface area contributed by atoms with Gasteiger partial charge in [-0.25, -0.2) is 0 Å². The molecule has 0 bridgehead atoms. The van der Waals surface area contributed by atoms with Crippen molar-refractivity contribution in [3.63, 3.8) is 0 Å². The van der Waals surface area contributed by atoms with Crippen molar-refractivity contribution in [1.29, 1.82) is 0 Å². The molecule has 2 aromatic carbocycles. The summed E-state index contributed by atoms with van der Waals surface area (Å²) in [6.45, 7) is 3.31. The summed E-state index contributed by atoms with van der Waals surface area (Å²) in [6, 6.07) is 10.5. The van der Waals surface area contributed by atoms with Gasteiger partial charge in [-0.15, -0.1) is 0 Å². The molecule has 0 atom stereocenters. The summed E-state index contributed by atoms with van der Waals surface area (Å²) in [5, 5.41) is 6.06. The van der Waals surface area contributed by atoms with E-state index in [0.717, 1.165) is 5.56 Å². The molecule has 0 aromatic heterocycles. The van der Waals surface area contributed by atoms with Gasteiger partial charge in [0.2, 0.25) is 11.8 Å². The summed E-state index contributed by atoms with van der Waals surface area (Å²) in [4.78, 5) is 23.4. The summed E-state index contributed by atoms with van der Waals surface area (Å²) < 4.78 is 5.31. The number of ether oxygens (including phenoxy) is 1. The molecule has 0 radical (unpaired) electrons. The molecule has 0 fully saturated rings. The van der Waals surface area contributed by atoms with Crippen LogP contribution in [0.5, 0.6) is 5.75 Å². The van der Waals surface area contributed by atoms with Crippen LogP contribution in [-0.4, -0.2) is 18.9 Å². The number of anilines is 2. The second-order valence-corrected chi connectivity index (χ2v) is 5.81. The average molecular weight is 347 g/mol. The number of carbonyl (C=O) groups is 2. The van der Waals surface area contributed by atoms with Gasteiger partial charge in [0.15, 0.2) is 0 Å². The molecule has 0 saturated heterocycles. The maximum absolute atomic E-state index is 12.3. The summed E-state index contributed by atoms with van der Waals surface area (Å²) >= 11 is 6.13. The predicted molar refractivity (Wildman–Crippen MR) is 95.8 cm³/mol. The van der Waals surface area contributed by atoms with Crippen LogP contribution in [0, 0.1) is 6.92 Å². The molecule has 2 aromatic rings. The highest BCUT2D eigenvalue weighted by molar-refractivity contribution is 6.31. The third kappa shape index (κ3) is 4.73. The van der Waals surface area contributed by atoms with Crippen LogP contribution < -0.4 is 15.4 Å². The van der Waals surface area contributed by atoms with E-state index in [9.17, 15) is 9.59 Å². The lowest BCUT2D eigenvalue weighted by atomic mass is 10.1. The van der Waals surface area contributed by atoms with Gasteiger partial charge in [-0.2, -0.15) is 0 Å². The van der Waals surface area contributed by atoms with Crippen molar-refractivity contribution in [1.82, 2.24) is 0 Å². The molecule has 0 unspecified atom stereocenters. The van der Waals surface area contributed by atoms with Gasteiger partial charge in [0, 0.05) is 28.9 Å². The highest BCUT2D eigenvalue weighted by Gasteiger charge is 2.12. The molecule has 0 heterocycles. The zero-order valence-electron chi connectivity index (χ0n) is 13.8. The Balaban J connectivity index is 2.11. The number of halogens is 1. The van der Waals surface area contributed by atoms with Crippen molar-refractivity contribution in [2.24, 2.45) is 0 Å². The van der Waals surface area contributed by atoms with Gasteiger partial charge in [-0.05, 0) is 42.8 Å². The number of aryl methyl sites for hydroxylation is 1. The molecular weight excluding hydrogens is 328 g/mol. The van der Waals surface area contributed by atoms with E-state index >= 15 is 0 Å². The van der Waals surface area contributed by atoms with Crippen LogP contribution in [-0.2, 0) is 16.0 Å². The molecular formula is C18H19ClN2O3. The lowest BCUT2D eigenvalue weighted by Gasteiger charge is -2.12. The van der Waals surface area contributed by atoms with Gasteiger partial charge < -0.3 is 15.4 Å². The first-order chi connectivity index (χ1) is 11.4. The number of rotatable bonds is 5. The fourth-order valence-corrected chi connectivity index (χ4v) is 2.47. The average Bonchev–Trinajstić information content (AvgIpc) is 2.50. The highest BCUT2D eigenvalue weighted by Crippen LogP contribution is 2.27. The van der Waals surface area contributed by atoms with Crippen molar-refractivity contribution >= 4 is 34.8 Å². The Hall–Kier alpha value is -2.53. The van der Waals surface area contributed by atoms with Crippen molar-refractivity contribution in [2.75, 3.05) is 17.7 Å². The van der Waals surface area contributed by atoms with Crippen LogP contribution in [0.2, 0.25) is 5.02 Å². The van der Waals surface area contributed by atoms with Crippen LogP contribution in [0.4, 0.5) is 11.4 Å². The molecule has 0 aliphatic heterocycles. The zero-order valence-corrected chi connectivity index (χ0v) is 14.5. The third-order valence-electron chi connectivity index (χ3n) is 3.38. The van der Waals surface area contributed by atoms with Crippen molar-refractivity contribution < 1.29 is 14.3 Å². The number of nitrogens with one attached hydrogen (secondary N) is 2. The van der Waals surface area contributed by atoms with Gasteiger partial charge in [0.1, 0.15) is 5.75 Å². The minimum atomic E-state index is -0.201. The van der Waals surface area contributed by atoms with Gasteiger partial charge in [-0.1, -0.05) is 17.7 Å². The van der Waals surface area contributed by atoms with Crippen LogP contribution in [0.1, 0.15) is 18.1 Å². The molecule has 24 heavy (non-hydrogen) atoms. The van der Waals surface area contributed by atoms with Crippen LogP contribution in [0.15, 0.2) is 36.4 Å². The molecule has 2 amide bonds. The van der Waals surface area contributed by atoms with E-state index in [2.05, 4.69) is 10.6 Å². The van der Waals surface area contributed by atoms with Gasteiger partial charge >= 0.3 is 0 Å². The van der Waals surface area contributed by atoms with Crippen molar-refractivity contribution in [3.8, 4) is 5.75 Å². The first kappa shape index (κ1) is 17.8. The fourth-order valence-electron chi connectivity index (χ4n) is 2.28. The second kappa shape index (κ2) is 7.84. The predicted octanol–water partition coefficient (Wildman–Crippen LogP) is 3.80. The normalized spacial score (nSPS) is 10.2. The second-order valence-electron chi connectivity index (χ2n) is 5.40. The monoisotopic (exact) mass is 346 g/mol. The Bertz CT molecular complexity index is 775. The molecule has 126 valence electrons.